The van der Waals surface area contributed by atoms with Crippen molar-refractivity contribution in [3.8, 4) is 11.4 Å². The van der Waals surface area contributed by atoms with Crippen LogP contribution in [0.4, 0.5) is 11.4 Å². The van der Waals surface area contributed by atoms with Crippen molar-refractivity contribution in [2.75, 3.05) is 29.9 Å². The number of aromatic nitrogens is 4. The lowest BCUT2D eigenvalue weighted by Gasteiger charge is -2.19. The molecule has 144 valence electrons. The quantitative estimate of drug-likeness (QED) is 0.710. The molecule has 1 saturated heterocycles. The number of amides is 1. The van der Waals surface area contributed by atoms with Crippen LogP contribution in [-0.4, -0.2) is 45.8 Å². The van der Waals surface area contributed by atoms with E-state index in [0.717, 1.165) is 30.0 Å². The fourth-order valence-corrected chi connectivity index (χ4v) is 3.29. The van der Waals surface area contributed by atoms with E-state index in [-0.39, 0.29) is 12.5 Å². The average molecular weight is 378 g/mol. The predicted octanol–water partition coefficient (Wildman–Crippen LogP) is 2.59. The minimum Gasteiger partial charge on any atom is -0.484 e. The molecule has 0 atom stereocenters. The Balaban J connectivity index is 1.35. The number of ether oxygens (including phenoxy) is 1. The molecule has 0 saturated carbocycles. The van der Waals surface area contributed by atoms with E-state index in [2.05, 4.69) is 37.9 Å². The van der Waals surface area contributed by atoms with Gasteiger partial charge in [0, 0.05) is 30.5 Å². The molecule has 4 rings (SSSR count). The maximum Gasteiger partial charge on any atom is 0.262 e. The number of anilines is 2. The Hall–Kier alpha value is -3.42. The number of nitrogens with one attached hydrogen (secondary N) is 1. The van der Waals surface area contributed by atoms with Crippen molar-refractivity contribution in [1.29, 1.82) is 0 Å². The molecule has 1 amide bonds. The first-order chi connectivity index (χ1) is 13.7. The lowest BCUT2D eigenvalue weighted by molar-refractivity contribution is -0.118. The molecule has 2 heterocycles. The van der Waals surface area contributed by atoms with Crippen molar-refractivity contribution in [2.24, 2.45) is 0 Å². The highest BCUT2D eigenvalue weighted by atomic mass is 16.5. The topological polar surface area (TPSA) is 85.2 Å². The van der Waals surface area contributed by atoms with Crippen LogP contribution in [0.3, 0.4) is 0 Å². The van der Waals surface area contributed by atoms with Crippen molar-refractivity contribution in [3.05, 3.63) is 54.4 Å². The maximum atomic E-state index is 12.3. The molecule has 1 aliphatic heterocycles. The number of tetrazole rings is 1. The molecule has 1 N–H and O–H groups in total. The monoisotopic (exact) mass is 378 g/mol. The van der Waals surface area contributed by atoms with Crippen LogP contribution < -0.4 is 15.0 Å². The van der Waals surface area contributed by atoms with Crippen LogP contribution in [0.15, 0.2) is 48.8 Å². The molecule has 8 heteroatoms. The third-order valence-corrected chi connectivity index (χ3v) is 4.76. The number of rotatable bonds is 6. The molecule has 0 radical (unpaired) electrons. The van der Waals surface area contributed by atoms with Crippen molar-refractivity contribution >= 4 is 17.3 Å². The van der Waals surface area contributed by atoms with E-state index in [1.54, 1.807) is 12.1 Å². The first kappa shape index (κ1) is 18.0. The second kappa shape index (κ2) is 8.08. The first-order valence-corrected chi connectivity index (χ1v) is 9.31. The van der Waals surface area contributed by atoms with Gasteiger partial charge in [-0.15, -0.1) is 5.10 Å². The Morgan fingerprint density at radius 2 is 2.00 bits per heavy atom. The van der Waals surface area contributed by atoms with Gasteiger partial charge in [-0.25, -0.2) is 4.68 Å². The van der Waals surface area contributed by atoms with Crippen LogP contribution in [-0.2, 0) is 4.79 Å². The lowest BCUT2D eigenvalue weighted by Crippen LogP contribution is -2.21. The van der Waals surface area contributed by atoms with E-state index < -0.39 is 0 Å². The summed E-state index contributed by atoms with van der Waals surface area (Å²) in [5.74, 6) is 0.370. The molecule has 1 aliphatic rings. The van der Waals surface area contributed by atoms with Crippen LogP contribution in [0.25, 0.3) is 5.69 Å². The molecule has 3 aromatic rings. The number of hydrogen-bond donors (Lipinski definition) is 1. The van der Waals surface area contributed by atoms with Gasteiger partial charge >= 0.3 is 0 Å². The van der Waals surface area contributed by atoms with Crippen LogP contribution in [0.1, 0.15) is 18.4 Å². The van der Waals surface area contributed by atoms with Gasteiger partial charge in [-0.3, -0.25) is 4.79 Å². The zero-order chi connectivity index (χ0) is 19.3. The highest BCUT2D eigenvalue weighted by Gasteiger charge is 2.14. The Kier molecular flexibility index (Phi) is 5.18. The average Bonchev–Trinajstić information content (AvgIpc) is 3.42. The summed E-state index contributed by atoms with van der Waals surface area (Å²) in [5.41, 5.74) is 3.82. The molecular weight excluding hydrogens is 356 g/mol. The van der Waals surface area contributed by atoms with E-state index in [9.17, 15) is 4.79 Å². The van der Waals surface area contributed by atoms with E-state index in [4.69, 9.17) is 4.74 Å². The maximum absolute atomic E-state index is 12.3. The van der Waals surface area contributed by atoms with Gasteiger partial charge in [0.05, 0.1) is 5.69 Å². The normalized spacial score (nSPS) is 13.5. The Labute approximate surface area is 163 Å². The minimum atomic E-state index is -0.204. The molecular formula is C20H22N6O2. The zero-order valence-corrected chi connectivity index (χ0v) is 15.7. The summed E-state index contributed by atoms with van der Waals surface area (Å²) in [7, 11) is 0. The van der Waals surface area contributed by atoms with Crippen LogP contribution in [0.5, 0.6) is 5.75 Å². The molecule has 8 nitrogen and oxygen atoms in total. The van der Waals surface area contributed by atoms with Gasteiger partial charge in [-0.2, -0.15) is 0 Å². The zero-order valence-electron chi connectivity index (χ0n) is 15.7. The van der Waals surface area contributed by atoms with Gasteiger partial charge < -0.3 is 15.0 Å². The van der Waals surface area contributed by atoms with Crippen LogP contribution in [0.2, 0.25) is 0 Å². The Bertz CT molecular complexity index is 951. The van der Waals surface area contributed by atoms with E-state index in [1.165, 1.54) is 29.5 Å². The van der Waals surface area contributed by atoms with Gasteiger partial charge in [0.15, 0.2) is 6.61 Å². The number of carbonyl (C=O) groups is 1. The van der Waals surface area contributed by atoms with Crippen molar-refractivity contribution < 1.29 is 9.53 Å². The van der Waals surface area contributed by atoms with Crippen molar-refractivity contribution in [3.63, 3.8) is 0 Å². The van der Waals surface area contributed by atoms with E-state index in [1.807, 2.05) is 25.1 Å². The molecule has 0 bridgehead atoms. The van der Waals surface area contributed by atoms with E-state index >= 15 is 0 Å². The predicted molar refractivity (Wildman–Crippen MR) is 106 cm³/mol. The summed E-state index contributed by atoms with van der Waals surface area (Å²) >= 11 is 0. The van der Waals surface area contributed by atoms with Crippen LogP contribution in [0, 0.1) is 6.92 Å². The summed E-state index contributed by atoms with van der Waals surface area (Å²) in [4.78, 5) is 14.7. The summed E-state index contributed by atoms with van der Waals surface area (Å²) in [6.07, 6.45) is 3.98. The van der Waals surface area contributed by atoms with Gasteiger partial charge in [0.2, 0.25) is 0 Å². The minimum absolute atomic E-state index is 0.0770. The first-order valence-electron chi connectivity index (χ1n) is 9.31. The SMILES string of the molecule is Cc1cc(N2CCCC2)ccc1NC(=O)COc1cccc(-n2cnnn2)c1. The Morgan fingerprint density at radius 3 is 2.75 bits per heavy atom. The Morgan fingerprint density at radius 1 is 1.14 bits per heavy atom. The standard InChI is InChI=1S/C20H22N6O2/c1-15-11-16(25-9-2-3-10-25)7-8-19(15)22-20(27)13-28-18-6-4-5-17(12-18)26-14-21-23-24-26/h4-8,11-12,14H,2-3,9-10,13H2,1H3,(H,22,27). The molecule has 0 spiro atoms. The smallest absolute Gasteiger partial charge is 0.262 e. The highest BCUT2D eigenvalue weighted by molar-refractivity contribution is 5.92. The van der Waals surface area contributed by atoms with E-state index in [0.29, 0.717) is 5.75 Å². The number of nitrogens with zero attached hydrogens (tertiary/aromatic N) is 5. The molecule has 2 aromatic carbocycles. The molecule has 1 aromatic heterocycles. The second-order valence-corrected chi connectivity index (χ2v) is 6.78. The number of hydrogen-bond acceptors (Lipinski definition) is 6. The number of benzene rings is 2. The summed E-state index contributed by atoms with van der Waals surface area (Å²) in [6, 6.07) is 13.4. The molecule has 0 aliphatic carbocycles. The highest BCUT2D eigenvalue weighted by Crippen LogP contribution is 2.25. The third-order valence-electron chi connectivity index (χ3n) is 4.76. The van der Waals surface area contributed by atoms with Crippen LogP contribution >= 0.6 is 0 Å². The van der Waals surface area contributed by atoms with Gasteiger partial charge in [-0.05, 0) is 66.1 Å². The second-order valence-electron chi connectivity index (χ2n) is 6.78. The van der Waals surface area contributed by atoms with Gasteiger partial charge in [-0.1, -0.05) is 6.07 Å². The summed E-state index contributed by atoms with van der Waals surface area (Å²) in [5, 5.41) is 14.0. The van der Waals surface area contributed by atoms with Gasteiger partial charge in [0.25, 0.3) is 5.91 Å². The molecule has 0 unspecified atom stereocenters. The van der Waals surface area contributed by atoms with Crippen molar-refractivity contribution in [2.45, 2.75) is 19.8 Å². The van der Waals surface area contributed by atoms with Gasteiger partial charge in [0.1, 0.15) is 12.1 Å². The number of aryl methyl sites for hydroxylation is 1. The fourth-order valence-electron chi connectivity index (χ4n) is 3.29. The summed E-state index contributed by atoms with van der Waals surface area (Å²) in [6.45, 7) is 4.13. The fraction of sp³-hybridized carbons (Fsp3) is 0.300. The summed E-state index contributed by atoms with van der Waals surface area (Å²) < 4.78 is 7.15. The third kappa shape index (κ3) is 4.11. The molecule has 1 fully saturated rings. The number of carbonyl (C=O) groups excluding carboxylic acids is 1. The molecule has 28 heavy (non-hydrogen) atoms. The largest absolute Gasteiger partial charge is 0.484 e. The lowest BCUT2D eigenvalue weighted by atomic mass is 10.1. The van der Waals surface area contributed by atoms with Crippen molar-refractivity contribution in [1.82, 2.24) is 20.2 Å².